The van der Waals surface area contributed by atoms with Gasteiger partial charge in [0, 0.05) is 18.7 Å². The number of rotatable bonds is 5. The van der Waals surface area contributed by atoms with Crippen molar-refractivity contribution in [3.05, 3.63) is 35.6 Å². The molecule has 1 aromatic rings. The van der Waals surface area contributed by atoms with Gasteiger partial charge in [0.25, 0.3) is 0 Å². The van der Waals surface area contributed by atoms with Gasteiger partial charge in [-0.05, 0) is 44.5 Å². The van der Waals surface area contributed by atoms with Crippen molar-refractivity contribution >= 4 is 0 Å². The second-order valence-corrected chi connectivity index (χ2v) is 5.11. The number of benzene rings is 1. The monoisotopic (exact) mass is 250 g/mol. The number of hydrogen-bond donors (Lipinski definition) is 1. The molecule has 1 heterocycles. The molecular formula is C15H23FN2. The molecule has 1 fully saturated rings. The van der Waals surface area contributed by atoms with Crippen molar-refractivity contribution in [3.63, 3.8) is 0 Å². The Hall–Kier alpha value is -0.930. The van der Waals surface area contributed by atoms with E-state index in [1.807, 2.05) is 12.1 Å². The maximum atomic E-state index is 13.6. The predicted molar refractivity (Wildman–Crippen MR) is 72.9 cm³/mol. The Morgan fingerprint density at radius 1 is 1.28 bits per heavy atom. The van der Waals surface area contributed by atoms with Gasteiger partial charge in [0.1, 0.15) is 5.82 Å². The Morgan fingerprint density at radius 3 is 2.67 bits per heavy atom. The van der Waals surface area contributed by atoms with Crippen molar-refractivity contribution in [2.45, 2.75) is 26.3 Å². The van der Waals surface area contributed by atoms with Gasteiger partial charge in [0.2, 0.25) is 0 Å². The van der Waals surface area contributed by atoms with Gasteiger partial charge in [-0.15, -0.1) is 0 Å². The number of nitrogens with one attached hydrogen (secondary N) is 1. The van der Waals surface area contributed by atoms with E-state index in [0.717, 1.165) is 44.2 Å². The fraction of sp³-hybridized carbons (Fsp3) is 0.600. The van der Waals surface area contributed by atoms with E-state index in [1.165, 1.54) is 12.8 Å². The molecule has 0 unspecified atom stereocenters. The van der Waals surface area contributed by atoms with Crippen molar-refractivity contribution in [1.82, 2.24) is 10.2 Å². The van der Waals surface area contributed by atoms with Crippen molar-refractivity contribution in [2.75, 3.05) is 26.2 Å². The Bertz CT molecular complexity index is 361. The van der Waals surface area contributed by atoms with Crippen LogP contribution in [0.5, 0.6) is 0 Å². The zero-order valence-electron chi connectivity index (χ0n) is 11.2. The standard InChI is InChI=1S/C15H23FN2/c1-2-18(11-13-7-9-17-10-8-13)12-14-5-3-4-6-15(14)16/h3-6,13,17H,2,7-12H2,1H3. The summed E-state index contributed by atoms with van der Waals surface area (Å²) >= 11 is 0. The van der Waals surface area contributed by atoms with Crippen molar-refractivity contribution < 1.29 is 4.39 Å². The lowest BCUT2D eigenvalue weighted by Gasteiger charge is -2.29. The topological polar surface area (TPSA) is 15.3 Å². The minimum Gasteiger partial charge on any atom is -0.317 e. The van der Waals surface area contributed by atoms with Gasteiger partial charge >= 0.3 is 0 Å². The Balaban J connectivity index is 1.90. The molecule has 1 N–H and O–H groups in total. The molecule has 1 aliphatic rings. The van der Waals surface area contributed by atoms with Gasteiger partial charge in [-0.25, -0.2) is 4.39 Å². The first-order valence-electron chi connectivity index (χ1n) is 6.96. The third-order valence-electron chi connectivity index (χ3n) is 3.77. The minimum atomic E-state index is -0.0822. The van der Waals surface area contributed by atoms with E-state index >= 15 is 0 Å². The third kappa shape index (κ3) is 3.79. The lowest BCUT2D eigenvalue weighted by atomic mass is 9.97. The largest absolute Gasteiger partial charge is 0.317 e. The summed E-state index contributed by atoms with van der Waals surface area (Å²) in [7, 11) is 0. The quantitative estimate of drug-likeness (QED) is 0.864. The second kappa shape index (κ2) is 6.86. The molecule has 0 aliphatic carbocycles. The van der Waals surface area contributed by atoms with Crippen LogP contribution in [0.2, 0.25) is 0 Å². The Morgan fingerprint density at radius 2 is 2.00 bits per heavy atom. The summed E-state index contributed by atoms with van der Waals surface area (Å²) < 4.78 is 13.6. The van der Waals surface area contributed by atoms with Gasteiger partial charge < -0.3 is 5.32 Å². The van der Waals surface area contributed by atoms with Crippen LogP contribution in [0.15, 0.2) is 24.3 Å². The van der Waals surface area contributed by atoms with E-state index < -0.39 is 0 Å². The molecule has 0 aromatic heterocycles. The molecule has 100 valence electrons. The first-order chi connectivity index (χ1) is 8.79. The maximum Gasteiger partial charge on any atom is 0.127 e. The van der Waals surface area contributed by atoms with Crippen LogP contribution in [-0.2, 0) is 6.54 Å². The molecule has 1 aromatic carbocycles. The Kier molecular flexibility index (Phi) is 5.14. The molecule has 0 saturated carbocycles. The van der Waals surface area contributed by atoms with Crippen LogP contribution >= 0.6 is 0 Å². The van der Waals surface area contributed by atoms with Crippen LogP contribution in [0.4, 0.5) is 4.39 Å². The van der Waals surface area contributed by atoms with Crippen molar-refractivity contribution in [2.24, 2.45) is 5.92 Å². The summed E-state index contributed by atoms with van der Waals surface area (Å²) in [5, 5.41) is 3.39. The first kappa shape index (κ1) is 13.5. The van der Waals surface area contributed by atoms with E-state index in [4.69, 9.17) is 0 Å². The molecule has 2 nitrogen and oxygen atoms in total. The van der Waals surface area contributed by atoms with Crippen molar-refractivity contribution in [3.8, 4) is 0 Å². The summed E-state index contributed by atoms with van der Waals surface area (Å²) in [5.41, 5.74) is 0.813. The van der Waals surface area contributed by atoms with Crippen LogP contribution in [-0.4, -0.2) is 31.1 Å². The van der Waals surface area contributed by atoms with Gasteiger partial charge in [-0.3, -0.25) is 4.90 Å². The summed E-state index contributed by atoms with van der Waals surface area (Å²) in [6.07, 6.45) is 2.49. The van der Waals surface area contributed by atoms with Gasteiger partial charge in [-0.1, -0.05) is 25.1 Å². The fourth-order valence-electron chi connectivity index (χ4n) is 2.60. The lowest BCUT2D eigenvalue weighted by molar-refractivity contribution is 0.205. The molecule has 18 heavy (non-hydrogen) atoms. The third-order valence-corrected chi connectivity index (χ3v) is 3.77. The van der Waals surface area contributed by atoms with Crippen LogP contribution in [0.1, 0.15) is 25.3 Å². The van der Waals surface area contributed by atoms with Crippen LogP contribution < -0.4 is 5.32 Å². The maximum absolute atomic E-state index is 13.6. The summed E-state index contributed by atoms with van der Waals surface area (Å²) in [5.74, 6) is 0.680. The average Bonchev–Trinajstić information content (AvgIpc) is 2.41. The lowest BCUT2D eigenvalue weighted by Crippen LogP contribution is -2.36. The van der Waals surface area contributed by atoms with Gasteiger partial charge in [0.15, 0.2) is 0 Å². The molecule has 0 spiro atoms. The molecule has 1 aliphatic heterocycles. The second-order valence-electron chi connectivity index (χ2n) is 5.11. The summed E-state index contributed by atoms with van der Waals surface area (Å²) in [4.78, 5) is 2.36. The van der Waals surface area contributed by atoms with Crippen LogP contribution in [0.3, 0.4) is 0 Å². The number of halogens is 1. The molecule has 0 amide bonds. The predicted octanol–water partition coefficient (Wildman–Crippen LogP) is 2.65. The van der Waals surface area contributed by atoms with E-state index in [-0.39, 0.29) is 5.82 Å². The molecule has 0 radical (unpaired) electrons. The highest BCUT2D eigenvalue weighted by Gasteiger charge is 2.16. The SMILES string of the molecule is CCN(Cc1ccccc1F)CC1CCNCC1. The van der Waals surface area contributed by atoms with Crippen LogP contribution in [0.25, 0.3) is 0 Å². The highest BCUT2D eigenvalue weighted by atomic mass is 19.1. The van der Waals surface area contributed by atoms with Crippen LogP contribution in [0, 0.1) is 11.7 Å². The zero-order chi connectivity index (χ0) is 12.8. The number of hydrogen-bond acceptors (Lipinski definition) is 2. The zero-order valence-corrected chi connectivity index (χ0v) is 11.2. The average molecular weight is 250 g/mol. The summed E-state index contributed by atoms with van der Waals surface area (Å²) in [6, 6.07) is 7.10. The first-order valence-corrected chi connectivity index (χ1v) is 6.96. The molecule has 0 atom stereocenters. The molecule has 2 rings (SSSR count). The highest BCUT2D eigenvalue weighted by Crippen LogP contribution is 2.16. The highest BCUT2D eigenvalue weighted by molar-refractivity contribution is 5.17. The minimum absolute atomic E-state index is 0.0822. The molecule has 1 saturated heterocycles. The number of nitrogens with zero attached hydrogens (tertiary/aromatic N) is 1. The molecule has 3 heteroatoms. The normalized spacial score (nSPS) is 17.3. The van der Waals surface area contributed by atoms with E-state index in [0.29, 0.717) is 0 Å². The van der Waals surface area contributed by atoms with E-state index in [1.54, 1.807) is 12.1 Å². The van der Waals surface area contributed by atoms with Gasteiger partial charge in [0.05, 0.1) is 0 Å². The molecule has 0 bridgehead atoms. The fourth-order valence-corrected chi connectivity index (χ4v) is 2.60. The molecular weight excluding hydrogens is 227 g/mol. The smallest absolute Gasteiger partial charge is 0.127 e. The van der Waals surface area contributed by atoms with Crippen molar-refractivity contribution in [1.29, 1.82) is 0 Å². The number of piperidine rings is 1. The van der Waals surface area contributed by atoms with E-state index in [9.17, 15) is 4.39 Å². The van der Waals surface area contributed by atoms with E-state index in [2.05, 4.69) is 17.1 Å². The Labute approximate surface area is 109 Å². The summed E-state index contributed by atoms with van der Waals surface area (Å²) in [6.45, 7) is 7.21. The van der Waals surface area contributed by atoms with Gasteiger partial charge in [-0.2, -0.15) is 0 Å².